The van der Waals surface area contributed by atoms with Crippen molar-refractivity contribution >= 4 is 16.9 Å². The van der Waals surface area contributed by atoms with Crippen molar-refractivity contribution in [3.8, 4) is 17.2 Å². The van der Waals surface area contributed by atoms with Gasteiger partial charge in [0.15, 0.2) is 11.5 Å². The van der Waals surface area contributed by atoms with E-state index in [9.17, 15) is 4.79 Å². The van der Waals surface area contributed by atoms with E-state index in [1.165, 1.54) is 16.6 Å². The van der Waals surface area contributed by atoms with E-state index in [0.29, 0.717) is 30.2 Å². The standard InChI is InChI=1S/C32H39N3O4/c1-23-12-10-15-28(24(23)2)39-21-11-20-35-27-14-8-7-13-26(27)34-31(35)16-6-5-9-19-33-32(36)25-17-18-29(37-3)30(22-25)38-4/h7-8,10,12-15,17-18,22H,5-6,9,11,16,19-21H2,1-4H3,(H,33,36). The summed E-state index contributed by atoms with van der Waals surface area (Å²) in [6, 6.07) is 19.7. The van der Waals surface area contributed by atoms with Crippen LogP contribution < -0.4 is 19.5 Å². The van der Waals surface area contributed by atoms with Crippen LogP contribution in [0.25, 0.3) is 11.0 Å². The first kappa shape index (κ1) is 28.0. The van der Waals surface area contributed by atoms with Crippen LogP contribution in [0.3, 0.4) is 0 Å². The number of hydrogen-bond donors (Lipinski definition) is 1. The first-order valence-electron chi connectivity index (χ1n) is 13.6. The lowest BCUT2D eigenvalue weighted by Gasteiger charge is -2.13. The number of methoxy groups -OCH3 is 2. The second kappa shape index (κ2) is 13.7. The second-order valence-electron chi connectivity index (χ2n) is 9.70. The monoisotopic (exact) mass is 529 g/mol. The SMILES string of the molecule is COc1ccc(C(=O)NCCCCCc2nc3ccccc3n2CCCOc2cccc(C)c2C)cc1OC. The van der Waals surface area contributed by atoms with Crippen molar-refractivity contribution in [1.82, 2.24) is 14.9 Å². The Hall–Kier alpha value is -4.00. The topological polar surface area (TPSA) is 74.6 Å². The van der Waals surface area contributed by atoms with E-state index in [2.05, 4.69) is 48.0 Å². The average molecular weight is 530 g/mol. The molecule has 0 unspecified atom stereocenters. The number of nitrogens with one attached hydrogen (secondary N) is 1. The predicted molar refractivity (Wildman–Crippen MR) is 155 cm³/mol. The summed E-state index contributed by atoms with van der Waals surface area (Å²) in [7, 11) is 3.14. The maximum absolute atomic E-state index is 12.5. The van der Waals surface area contributed by atoms with Crippen LogP contribution in [0.2, 0.25) is 0 Å². The summed E-state index contributed by atoms with van der Waals surface area (Å²) in [6.45, 7) is 6.36. The van der Waals surface area contributed by atoms with Crippen LogP contribution in [0, 0.1) is 13.8 Å². The van der Waals surface area contributed by atoms with E-state index >= 15 is 0 Å². The van der Waals surface area contributed by atoms with Gasteiger partial charge in [0.25, 0.3) is 5.91 Å². The van der Waals surface area contributed by atoms with Gasteiger partial charge in [0.05, 0.1) is 31.9 Å². The molecule has 1 amide bonds. The molecule has 0 saturated carbocycles. The molecular weight excluding hydrogens is 490 g/mol. The van der Waals surface area contributed by atoms with Crippen LogP contribution in [0.4, 0.5) is 0 Å². The second-order valence-corrected chi connectivity index (χ2v) is 9.70. The van der Waals surface area contributed by atoms with Gasteiger partial charge in [-0.25, -0.2) is 4.98 Å². The number of fused-ring (bicyclic) bond motifs is 1. The van der Waals surface area contributed by atoms with E-state index in [1.54, 1.807) is 32.4 Å². The molecule has 0 radical (unpaired) electrons. The van der Waals surface area contributed by atoms with Crippen LogP contribution in [-0.4, -0.2) is 42.8 Å². The Bertz CT molecular complexity index is 1400. The fourth-order valence-electron chi connectivity index (χ4n) is 4.72. The largest absolute Gasteiger partial charge is 0.493 e. The molecule has 39 heavy (non-hydrogen) atoms. The zero-order valence-electron chi connectivity index (χ0n) is 23.5. The third-order valence-corrected chi connectivity index (χ3v) is 7.08. The maximum atomic E-state index is 12.5. The molecule has 1 aromatic heterocycles. The minimum atomic E-state index is -0.110. The molecule has 3 aromatic carbocycles. The van der Waals surface area contributed by atoms with Crippen LogP contribution >= 0.6 is 0 Å². The number of ether oxygens (including phenoxy) is 3. The fraction of sp³-hybridized carbons (Fsp3) is 0.375. The number of amides is 1. The molecule has 1 N–H and O–H groups in total. The lowest BCUT2D eigenvalue weighted by molar-refractivity contribution is 0.0952. The van der Waals surface area contributed by atoms with E-state index in [4.69, 9.17) is 19.2 Å². The summed E-state index contributed by atoms with van der Waals surface area (Å²) in [5.74, 6) is 3.11. The Morgan fingerprint density at radius 2 is 1.69 bits per heavy atom. The molecule has 0 aliphatic carbocycles. The van der Waals surface area contributed by atoms with Crippen molar-refractivity contribution in [1.29, 1.82) is 0 Å². The number of benzene rings is 3. The summed E-state index contributed by atoms with van der Waals surface area (Å²) < 4.78 is 19.0. The quantitative estimate of drug-likeness (QED) is 0.195. The molecule has 4 rings (SSSR count). The number of aromatic nitrogens is 2. The highest BCUT2D eigenvalue weighted by molar-refractivity contribution is 5.94. The number of carbonyl (C=O) groups is 1. The van der Waals surface area contributed by atoms with Gasteiger partial charge in [0, 0.05) is 25.1 Å². The molecule has 4 aromatic rings. The molecule has 1 heterocycles. The minimum Gasteiger partial charge on any atom is -0.493 e. The number of imidazole rings is 1. The van der Waals surface area contributed by atoms with Gasteiger partial charge in [0.2, 0.25) is 0 Å². The molecule has 0 bridgehead atoms. The van der Waals surface area contributed by atoms with Gasteiger partial charge in [0.1, 0.15) is 11.6 Å². The minimum absolute atomic E-state index is 0.110. The number of carbonyl (C=O) groups excluding carboxylic acids is 1. The van der Waals surface area contributed by atoms with Gasteiger partial charge >= 0.3 is 0 Å². The van der Waals surface area contributed by atoms with Crippen molar-refractivity contribution in [2.75, 3.05) is 27.4 Å². The highest BCUT2D eigenvalue weighted by Crippen LogP contribution is 2.27. The summed E-state index contributed by atoms with van der Waals surface area (Å²) in [6.07, 6.45) is 4.72. The number of rotatable bonds is 14. The Balaban J connectivity index is 1.25. The first-order valence-corrected chi connectivity index (χ1v) is 13.6. The van der Waals surface area contributed by atoms with Crippen molar-refractivity contribution in [3.05, 3.63) is 83.2 Å². The molecule has 7 nitrogen and oxygen atoms in total. The van der Waals surface area contributed by atoms with E-state index in [-0.39, 0.29) is 5.91 Å². The summed E-state index contributed by atoms with van der Waals surface area (Å²) in [4.78, 5) is 17.5. The Morgan fingerprint density at radius 3 is 2.51 bits per heavy atom. The smallest absolute Gasteiger partial charge is 0.251 e. The maximum Gasteiger partial charge on any atom is 0.251 e. The predicted octanol–water partition coefficient (Wildman–Crippen LogP) is 6.28. The molecule has 0 saturated heterocycles. The molecule has 0 spiro atoms. The number of para-hydroxylation sites is 2. The van der Waals surface area contributed by atoms with Gasteiger partial charge in [-0.15, -0.1) is 0 Å². The van der Waals surface area contributed by atoms with Crippen LogP contribution in [0.5, 0.6) is 17.2 Å². The van der Waals surface area contributed by atoms with Gasteiger partial charge in [-0.3, -0.25) is 4.79 Å². The van der Waals surface area contributed by atoms with Gasteiger partial charge < -0.3 is 24.1 Å². The lowest BCUT2D eigenvalue weighted by atomic mass is 10.1. The Labute approximate surface area is 231 Å². The average Bonchev–Trinajstić information content (AvgIpc) is 3.31. The lowest BCUT2D eigenvalue weighted by Crippen LogP contribution is -2.24. The third-order valence-electron chi connectivity index (χ3n) is 7.08. The molecule has 7 heteroatoms. The first-order chi connectivity index (χ1) is 19.0. The number of aryl methyl sites for hydroxylation is 3. The highest BCUT2D eigenvalue weighted by Gasteiger charge is 2.12. The number of hydrogen-bond acceptors (Lipinski definition) is 5. The van der Waals surface area contributed by atoms with Gasteiger partial charge in [-0.1, -0.05) is 30.7 Å². The molecule has 0 aliphatic rings. The third kappa shape index (κ3) is 7.11. The summed E-state index contributed by atoms with van der Waals surface area (Å²) in [5, 5.41) is 3.00. The molecule has 0 atom stereocenters. The molecule has 0 fully saturated rings. The van der Waals surface area contributed by atoms with E-state index in [0.717, 1.165) is 55.7 Å². The fourth-order valence-corrected chi connectivity index (χ4v) is 4.72. The normalized spacial score (nSPS) is 11.0. The van der Waals surface area contributed by atoms with Crippen molar-refractivity contribution in [2.24, 2.45) is 0 Å². The van der Waals surface area contributed by atoms with Crippen LogP contribution in [0.15, 0.2) is 60.7 Å². The zero-order valence-corrected chi connectivity index (χ0v) is 23.5. The summed E-state index contributed by atoms with van der Waals surface area (Å²) in [5.41, 5.74) is 5.21. The van der Waals surface area contributed by atoms with E-state index < -0.39 is 0 Å². The highest BCUT2D eigenvalue weighted by atomic mass is 16.5. The van der Waals surface area contributed by atoms with Crippen LogP contribution in [0.1, 0.15) is 53.0 Å². The summed E-state index contributed by atoms with van der Waals surface area (Å²) >= 11 is 0. The number of unbranched alkanes of at least 4 members (excludes halogenated alkanes) is 2. The molecular formula is C32H39N3O4. The Morgan fingerprint density at radius 1 is 0.872 bits per heavy atom. The van der Waals surface area contributed by atoms with E-state index in [1.807, 2.05) is 18.2 Å². The van der Waals surface area contributed by atoms with Crippen molar-refractivity contribution in [3.63, 3.8) is 0 Å². The zero-order chi connectivity index (χ0) is 27.6. The van der Waals surface area contributed by atoms with Gasteiger partial charge in [-0.05, 0) is 80.6 Å². The van der Waals surface area contributed by atoms with Crippen molar-refractivity contribution < 1.29 is 19.0 Å². The van der Waals surface area contributed by atoms with Crippen molar-refractivity contribution in [2.45, 2.75) is 52.5 Å². The number of nitrogens with zero attached hydrogens (tertiary/aromatic N) is 2. The Kier molecular flexibility index (Phi) is 9.84. The van der Waals surface area contributed by atoms with Gasteiger partial charge in [-0.2, -0.15) is 0 Å². The molecule has 206 valence electrons. The molecule has 0 aliphatic heterocycles. The van der Waals surface area contributed by atoms with Crippen LogP contribution in [-0.2, 0) is 13.0 Å².